The van der Waals surface area contributed by atoms with Crippen LogP contribution >= 0.6 is 0 Å². The van der Waals surface area contributed by atoms with Gasteiger partial charge < -0.3 is 5.11 Å². The van der Waals surface area contributed by atoms with Gasteiger partial charge in [-0.15, -0.1) is 0 Å². The number of hydrogen-bond acceptors (Lipinski definition) is 4. The molecule has 7 heteroatoms. The van der Waals surface area contributed by atoms with Crippen molar-refractivity contribution in [3.8, 4) is 0 Å². The van der Waals surface area contributed by atoms with Gasteiger partial charge in [0.05, 0.1) is 11.4 Å². The summed E-state index contributed by atoms with van der Waals surface area (Å²) >= 11 is 0. The molecule has 140 valence electrons. The zero-order chi connectivity index (χ0) is 18.4. The fourth-order valence-corrected chi connectivity index (χ4v) is 4.84. The molecule has 1 saturated heterocycles. The number of benzene rings is 1. The van der Waals surface area contributed by atoms with Crippen molar-refractivity contribution in [2.75, 3.05) is 26.7 Å². The molecule has 1 aromatic rings. The van der Waals surface area contributed by atoms with Crippen LogP contribution in [0.1, 0.15) is 38.2 Å². The predicted octanol–water partition coefficient (Wildman–Crippen LogP) is 2.20. The van der Waals surface area contributed by atoms with E-state index in [1.165, 1.54) is 4.31 Å². The number of sulfonamides is 1. The number of carboxylic acid groups (broad SMARTS) is 1. The van der Waals surface area contributed by atoms with Crippen molar-refractivity contribution in [1.29, 1.82) is 0 Å². The zero-order valence-corrected chi connectivity index (χ0v) is 15.8. The summed E-state index contributed by atoms with van der Waals surface area (Å²) in [6.07, 6.45) is 4.18. The van der Waals surface area contributed by atoms with Gasteiger partial charge in [-0.1, -0.05) is 25.5 Å². The van der Waals surface area contributed by atoms with Gasteiger partial charge in [0.25, 0.3) is 0 Å². The molecule has 1 N–H and O–H groups in total. The molecule has 25 heavy (non-hydrogen) atoms. The second-order valence-corrected chi connectivity index (χ2v) is 8.63. The smallest absolute Gasteiger partial charge is 0.317 e. The minimum absolute atomic E-state index is 0.0176. The number of rotatable bonds is 7. The molecule has 0 saturated carbocycles. The standard InChI is InChI=1S/C18H28N2O4S/c1-3-5-15-7-9-17(10-8-15)25(23,24)20-12-4-6-16(11-13-20)19(2)14-18(21)22/h7-10,16H,3-6,11-14H2,1-2H3,(H,21,22). The molecule has 0 radical (unpaired) electrons. The van der Waals surface area contributed by atoms with Crippen molar-refractivity contribution in [2.24, 2.45) is 0 Å². The van der Waals surface area contributed by atoms with Crippen LogP contribution in [-0.4, -0.2) is 61.4 Å². The Morgan fingerprint density at radius 3 is 2.52 bits per heavy atom. The van der Waals surface area contributed by atoms with E-state index in [1.54, 1.807) is 24.1 Å². The minimum Gasteiger partial charge on any atom is -0.480 e. The van der Waals surface area contributed by atoms with E-state index >= 15 is 0 Å². The highest BCUT2D eigenvalue weighted by molar-refractivity contribution is 7.89. The van der Waals surface area contributed by atoms with Crippen LogP contribution in [0.25, 0.3) is 0 Å². The predicted molar refractivity (Wildman–Crippen MR) is 97.1 cm³/mol. The molecular weight excluding hydrogens is 340 g/mol. The summed E-state index contributed by atoms with van der Waals surface area (Å²) in [7, 11) is -1.70. The Balaban J connectivity index is 2.06. The largest absolute Gasteiger partial charge is 0.480 e. The fraction of sp³-hybridized carbons (Fsp3) is 0.611. The second-order valence-electron chi connectivity index (χ2n) is 6.69. The summed E-state index contributed by atoms with van der Waals surface area (Å²) in [5.41, 5.74) is 1.15. The van der Waals surface area contributed by atoms with Crippen LogP contribution in [0.4, 0.5) is 0 Å². The van der Waals surface area contributed by atoms with E-state index in [1.807, 2.05) is 12.1 Å². The van der Waals surface area contributed by atoms with Crippen molar-refractivity contribution >= 4 is 16.0 Å². The Morgan fingerprint density at radius 2 is 1.92 bits per heavy atom. The van der Waals surface area contributed by atoms with Gasteiger partial charge in [0.15, 0.2) is 0 Å². The van der Waals surface area contributed by atoms with E-state index in [9.17, 15) is 13.2 Å². The molecule has 6 nitrogen and oxygen atoms in total. The van der Waals surface area contributed by atoms with Crippen LogP contribution in [0, 0.1) is 0 Å². The number of carbonyl (C=O) groups is 1. The molecule has 1 aromatic carbocycles. The molecule has 0 aliphatic carbocycles. The van der Waals surface area contributed by atoms with Gasteiger partial charge in [-0.05, 0) is 50.4 Å². The zero-order valence-electron chi connectivity index (χ0n) is 15.0. The highest BCUT2D eigenvalue weighted by Crippen LogP contribution is 2.23. The van der Waals surface area contributed by atoms with Crippen LogP contribution in [0.15, 0.2) is 29.2 Å². The Kier molecular flexibility index (Phi) is 6.98. The number of hydrogen-bond donors (Lipinski definition) is 1. The van der Waals surface area contributed by atoms with E-state index < -0.39 is 16.0 Å². The molecule has 1 aliphatic heterocycles. The molecule has 1 atom stereocenters. The van der Waals surface area contributed by atoms with E-state index in [4.69, 9.17) is 5.11 Å². The molecule has 2 rings (SSSR count). The van der Waals surface area contributed by atoms with Crippen LogP contribution in [0.3, 0.4) is 0 Å². The van der Waals surface area contributed by atoms with E-state index in [0.29, 0.717) is 24.4 Å². The monoisotopic (exact) mass is 368 g/mol. The molecule has 1 unspecified atom stereocenters. The lowest BCUT2D eigenvalue weighted by Crippen LogP contribution is -2.37. The summed E-state index contributed by atoms with van der Waals surface area (Å²) in [4.78, 5) is 13.0. The molecular formula is C18H28N2O4S. The number of aryl methyl sites for hydroxylation is 1. The number of carboxylic acids is 1. The summed E-state index contributed by atoms with van der Waals surface area (Å²) in [6.45, 7) is 2.99. The maximum atomic E-state index is 12.9. The average Bonchev–Trinajstić information content (AvgIpc) is 2.81. The maximum Gasteiger partial charge on any atom is 0.317 e. The van der Waals surface area contributed by atoms with Gasteiger partial charge in [0.2, 0.25) is 10.0 Å². The van der Waals surface area contributed by atoms with Crippen molar-refractivity contribution in [3.05, 3.63) is 29.8 Å². The average molecular weight is 368 g/mol. The van der Waals surface area contributed by atoms with Gasteiger partial charge in [-0.25, -0.2) is 8.42 Å². The normalized spacial score (nSPS) is 19.7. The van der Waals surface area contributed by atoms with Gasteiger partial charge in [-0.2, -0.15) is 4.31 Å². The molecule has 1 heterocycles. The molecule has 0 bridgehead atoms. The van der Waals surface area contributed by atoms with Gasteiger partial charge in [-0.3, -0.25) is 9.69 Å². The number of nitrogens with zero attached hydrogens (tertiary/aromatic N) is 2. The van der Waals surface area contributed by atoms with Crippen molar-refractivity contribution < 1.29 is 18.3 Å². The van der Waals surface area contributed by atoms with Crippen molar-refractivity contribution in [1.82, 2.24) is 9.21 Å². The molecule has 1 aliphatic rings. The lowest BCUT2D eigenvalue weighted by Gasteiger charge is -2.25. The van der Waals surface area contributed by atoms with Gasteiger partial charge >= 0.3 is 5.97 Å². The van der Waals surface area contributed by atoms with Gasteiger partial charge in [0, 0.05) is 19.1 Å². The number of aliphatic carboxylic acids is 1. The molecule has 0 spiro atoms. The van der Waals surface area contributed by atoms with Crippen LogP contribution in [0.2, 0.25) is 0 Å². The highest BCUT2D eigenvalue weighted by atomic mass is 32.2. The second kappa shape index (κ2) is 8.78. The lowest BCUT2D eigenvalue weighted by atomic mass is 10.1. The fourth-order valence-electron chi connectivity index (χ4n) is 3.34. The van der Waals surface area contributed by atoms with E-state index in [-0.39, 0.29) is 12.6 Å². The third-order valence-electron chi connectivity index (χ3n) is 4.76. The summed E-state index contributed by atoms with van der Waals surface area (Å²) in [6, 6.07) is 7.26. The van der Waals surface area contributed by atoms with Crippen LogP contribution in [0.5, 0.6) is 0 Å². The third-order valence-corrected chi connectivity index (χ3v) is 6.68. The first kappa shape index (κ1) is 19.9. The van der Waals surface area contributed by atoms with E-state index in [2.05, 4.69) is 6.92 Å². The highest BCUT2D eigenvalue weighted by Gasteiger charge is 2.29. The SMILES string of the molecule is CCCc1ccc(S(=O)(=O)N2CCCC(N(C)CC(=O)O)CC2)cc1. The third kappa shape index (κ3) is 5.26. The summed E-state index contributed by atoms with van der Waals surface area (Å²) < 4.78 is 27.3. The van der Waals surface area contributed by atoms with Crippen molar-refractivity contribution in [2.45, 2.75) is 50.0 Å². The number of likely N-dealkylation sites (N-methyl/N-ethyl adjacent to an activating group) is 1. The van der Waals surface area contributed by atoms with E-state index in [0.717, 1.165) is 31.2 Å². The Bertz CT molecular complexity index is 673. The Hall–Kier alpha value is -1.44. The molecule has 1 fully saturated rings. The lowest BCUT2D eigenvalue weighted by molar-refractivity contribution is -0.138. The van der Waals surface area contributed by atoms with Gasteiger partial charge in [0.1, 0.15) is 0 Å². The minimum atomic E-state index is -3.49. The first-order chi connectivity index (χ1) is 11.8. The topological polar surface area (TPSA) is 77.9 Å². The maximum absolute atomic E-state index is 12.9. The van der Waals surface area contributed by atoms with Crippen molar-refractivity contribution in [3.63, 3.8) is 0 Å². The quantitative estimate of drug-likeness (QED) is 0.798. The summed E-state index contributed by atoms with van der Waals surface area (Å²) in [5, 5.41) is 8.93. The van der Waals surface area contributed by atoms with Crippen LogP contribution < -0.4 is 0 Å². The Labute approximate surface area is 150 Å². The van der Waals surface area contributed by atoms with Crippen LogP contribution in [-0.2, 0) is 21.2 Å². The summed E-state index contributed by atoms with van der Waals surface area (Å²) in [5.74, 6) is -0.858. The molecule has 0 amide bonds. The molecule has 0 aromatic heterocycles. The first-order valence-electron chi connectivity index (χ1n) is 8.85. The Morgan fingerprint density at radius 1 is 1.24 bits per heavy atom. The first-order valence-corrected chi connectivity index (χ1v) is 10.3.